The molecule has 24 heavy (non-hydrogen) atoms. The maximum Gasteiger partial charge on any atom is 0.0205 e. The summed E-state index contributed by atoms with van der Waals surface area (Å²) in [6.45, 7) is 4.35. The van der Waals surface area contributed by atoms with E-state index in [2.05, 4.69) is 86.7 Å². The van der Waals surface area contributed by atoms with Crippen LogP contribution >= 0.6 is 0 Å². The Hall–Kier alpha value is -2.60. The maximum atomic E-state index is 2.34. The van der Waals surface area contributed by atoms with Crippen molar-refractivity contribution in [3.05, 3.63) is 105 Å². The van der Waals surface area contributed by atoms with Crippen LogP contribution in [0.5, 0.6) is 0 Å². The van der Waals surface area contributed by atoms with E-state index in [1.165, 1.54) is 44.5 Å². The SMILES string of the molecule is Cc1ccc2c(c1)C=CC1=CC=C3C=Cc4cc(C)ccc4C3C12. The van der Waals surface area contributed by atoms with E-state index < -0.39 is 0 Å². The van der Waals surface area contributed by atoms with Crippen LogP contribution in [0.4, 0.5) is 0 Å². The highest BCUT2D eigenvalue weighted by molar-refractivity contribution is 5.73. The third kappa shape index (κ3) is 1.93. The molecule has 2 unspecified atom stereocenters. The number of hydrogen-bond donors (Lipinski definition) is 0. The standard InChI is InChI=1S/C24H20/c1-15-3-11-21-19(13-15)9-7-17-5-6-18-8-10-20-14-16(2)4-12-22(20)24(18)23(17)21/h3-14,23-24H,1-2H3. The number of allylic oxidation sites excluding steroid dienone is 6. The maximum absolute atomic E-state index is 2.34. The van der Waals surface area contributed by atoms with Crippen molar-refractivity contribution >= 4 is 12.2 Å². The Morgan fingerprint density at radius 1 is 0.583 bits per heavy atom. The number of aryl methyl sites for hydroxylation is 2. The summed E-state index contributed by atoms with van der Waals surface area (Å²) in [5, 5.41) is 0. The predicted octanol–water partition coefficient (Wildman–Crippen LogP) is 6.09. The van der Waals surface area contributed by atoms with Gasteiger partial charge in [0.1, 0.15) is 0 Å². The molecule has 2 aromatic rings. The normalized spacial score (nSPS) is 22.8. The minimum Gasteiger partial charge on any atom is -0.0590 e. The van der Waals surface area contributed by atoms with Crippen LogP contribution in [0, 0.1) is 13.8 Å². The van der Waals surface area contributed by atoms with Crippen LogP contribution in [0.2, 0.25) is 0 Å². The van der Waals surface area contributed by atoms with Crippen molar-refractivity contribution in [1.82, 2.24) is 0 Å². The number of hydrogen-bond acceptors (Lipinski definition) is 0. The van der Waals surface area contributed by atoms with Crippen LogP contribution in [0.15, 0.2) is 71.8 Å². The number of fused-ring (bicyclic) bond motifs is 7. The molecule has 5 rings (SSSR count). The Kier molecular flexibility index (Phi) is 2.84. The Labute approximate surface area is 143 Å². The summed E-state index contributed by atoms with van der Waals surface area (Å²) in [6, 6.07) is 13.8. The monoisotopic (exact) mass is 308 g/mol. The van der Waals surface area contributed by atoms with Crippen LogP contribution < -0.4 is 0 Å². The smallest absolute Gasteiger partial charge is 0.0205 e. The van der Waals surface area contributed by atoms with E-state index in [0.29, 0.717) is 11.8 Å². The van der Waals surface area contributed by atoms with E-state index in [4.69, 9.17) is 0 Å². The molecular formula is C24H20. The Bertz CT molecular complexity index is 898. The van der Waals surface area contributed by atoms with E-state index in [-0.39, 0.29) is 0 Å². The third-order valence-electron chi connectivity index (χ3n) is 5.59. The van der Waals surface area contributed by atoms with Gasteiger partial charge in [-0.15, -0.1) is 0 Å². The van der Waals surface area contributed by atoms with Crippen molar-refractivity contribution in [3.63, 3.8) is 0 Å². The summed E-state index contributed by atoms with van der Waals surface area (Å²) < 4.78 is 0. The van der Waals surface area contributed by atoms with Gasteiger partial charge in [0.15, 0.2) is 0 Å². The second-order valence-electron chi connectivity index (χ2n) is 7.22. The molecule has 0 nitrogen and oxygen atoms in total. The summed E-state index contributed by atoms with van der Waals surface area (Å²) in [5.41, 5.74) is 11.2. The van der Waals surface area contributed by atoms with Gasteiger partial charge in [-0.1, -0.05) is 84.0 Å². The Balaban J connectivity index is 1.74. The highest BCUT2D eigenvalue weighted by Crippen LogP contribution is 2.51. The highest BCUT2D eigenvalue weighted by Gasteiger charge is 2.36. The largest absolute Gasteiger partial charge is 0.0590 e. The summed E-state index contributed by atoms with van der Waals surface area (Å²) in [5.74, 6) is 0.856. The molecule has 0 heterocycles. The summed E-state index contributed by atoms with van der Waals surface area (Å²) >= 11 is 0. The van der Waals surface area contributed by atoms with Gasteiger partial charge in [0.05, 0.1) is 0 Å². The lowest BCUT2D eigenvalue weighted by atomic mass is 9.65. The highest BCUT2D eigenvalue weighted by atomic mass is 14.4. The zero-order valence-electron chi connectivity index (χ0n) is 14.1. The average Bonchev–Trinajstić information content (AvgIpc) is 2.60. The zero-order chi connectivity index (χ0) is 16.3. The molecule has 0 aliphatic heterocycles. The Morgan fingerprint density at radius 3 is 1.50 bits per heavy atom. The van der Waals surface area contributed by atoms with Crippen LogP contribution in [-0.2, 0) is 0 Å². The van der Waals surface area contributed by atoms with E-state index in [0.717, 1.165) is 0 Å². The summed E-state index contributed by atoms with van der Waals surface area (Å²) in [7, 11) is 0. The minimum absolute atomic E-state index is 0.428. The van der Waals surface area contributed by atoms with Gasteiger partial charge in [0, 0.05) is 11.8 Å². The van der Waals surface area contributed by atoms with Crippen molar-refractivity contribution in [1.29, 1.82) is 0 Å². The van der Waals surface area contributed by atoms with Crippen molar-refractivity contribution in [2.75, 3.05) is 0 Å². The fraction of sp³-hybridized carbons (Fsp3) is 0.167. The van der Waals surface area contributed by atoms with Crippen molar-refractivity contribution in [3.8, 4) is 0 Å². The first-order valence-corrected chi connectivity index (χ1v) is 8.70. The van der Waals surface area contributed by atoms with Crippen molar-refractivity contribution < 1.29 is 0 Å². The number of rotatable bonds is 0. The molecule has 2 atom stereocenters. The lowest BCUT2D eigenvalue weighted by molar-refractivity contribution is 0.674. The van der Waals surface area contributed by atoms with Gasteiger partial charge in [0.2, 0.25) is 0 Å². The molecule has 3 aliphatic rings. The third-order valence-corrected chi connectivity index (χ3v) is 5.59. The van der Waals surface area contributed by atoms with Gasteiger partial charge in [-0.05, 0) is 47.2 Å². The molecule has 0 N–H and O–H groups in total. The fourth-order valence-corrected chi connectivity index (χ4v) is 4.44. The summed E-state index contributed by atoms with van der Waals surface area (Å²) in [6.07, 6.45) is 13.8. The molecule has 116 valence electrons. The van der Waals surface area contributed by atoms with Gasteiger partial charge >= 0.3 is 0 Å². The van der Waals surface area contributed by atoms with Gasteiger partial charge in [-0.2, -0.15) is 0 Å². The van der Waals surface area contributed by atoms with E-state index in [1.807, 2.05) is 0 Å². The molecule has 0 amide bonds. The van der Waals surface area contributed by atoms with Gasteiger partial charge < -0.3 is 0 Å². The lowest BCUT2D eigenvalue weighted by Gasteiger charge is -2.38. The molecular weight excluding hydrogens is 288 g/mol. The lowest BCUT2D eigenvalue weighted by Crippen LogP contribution is -2.22. The van der Waals surface area contributed by atoms with Gasteiger partial charge in [-0.3, -0.25) is 0 Å². The molecule has 0 saturated carbocycles. The van der Waals surface area contributed by atoms with Crippen molar-refractivity contribution in [2.45, 2.75) is 25.7 Å². The van der Waals surface area contributed by atoms with E-state index >= 15 is 0 Å². The molecule has 0 aromatic heterocycles. The van der Waals surface area contributed by atoms with Crippen LogP contribution in [0.3, 0.4) is 0 Å². The minimum atomic E-state index is 0.428. The molecule has 0 radical (unpaired) electrons. The molecule has 0 heteroatoms. The van der Waals surface area contributed by atoms with Crippen LogP contribution in [0.1, 0.15) is 45.2 Å². The quantitative estimate of drug-likeness (QED) is 0.552. The molecule has 2 aromatic carbocycles. The first-order chi connectivity index (χ1) is 11.7. The average molecular weight is 308 g/mol. The summed E-state index contributed by atoms with van der Waals surface area (Å²) in [4.78, 5) is 0. The fourth-order valence-electron chi connectivity index (χ4n) is 4.44. The first-order valence-electron chi connectivity index (χ1n) is 8.70. The Morgan fingerprint density at radius 2 is 1.04 bits per heavy atom. The topological polar surface area (TPSA) is 0 Å². The second kappa shape index (κ2) is 4.95. The molecule has 0 fully saturated rings. The predicted molar refractivity (Wildman–Crippen MR) is 102 cm³/mol. The van der Waals surface area contributed by atoms with Crippen molar-refractivity contribution in [2.24, 2.45) is 0 Å². The van der Waals surface area contributed by atoms with Gasteiger partial charge in [0.25, 0.3) is 0 Å². The van der Waals surface area contributed by atoms with Gasteiger partial charge in [-0.25, -0.2) is 0 Å². The second-order valence-corrected chi connectivity index (χ2v) is 7.22. The first kappa shape index (κ1) is 13.8. The van der Waals surface area contributed by atoms with Crippen LogP contribution in [-0.4, -0.2) is 0 Å². The molecule has 0 spiro atoms. The zero-order valence-corrected chi connectivity index (χ0v) is 14.1. The van der Waals surface area contributed by atoms with Crippen LogP contribution in [0.25, 0.3) is 12.2 Å². The molecule has 3 aliphatic carbocycles. The molecule has 0 saturated heterocycles. The molecule has 0 bridgehead atoms. The number of benzene rings is 2. The van der Waals surface area contributed by atoms with E-state index in [1.54, 1.807) is 0 Å². The van der Waals surface area contributed by atoms with E-state index in [9.17, 15) is 0 Å².